The zero-order valence-electron chi connectivity index (χ0n) is 14.5. The summed E-state index contributed by atoms with van der Waals surface area (Å²) in [5.74, 6) is 0. The van der Waals surface area contributed by atoms with Crippen molar-refractivity contribution in [1.82, 2.24) is 4.90 Å². The zero-order chi connectivity index (χ0) is 14.2. The summed E-state index contributed by atoms with van der Waals surface area (Å²) in [6.07, 6.45) is 16.3. The predicted molar refractivity (Wildman–Crippen MR) is 84.2 cm³/mol. The minimum absolute atomic E-state index is 0. The van der Waals surface area contributed by atoms with Gasteiger partial charge in [-0.1, -0.05) is 20.3 Å². The van der Waals surface area contributed by atoms with Crippen molar-refractivity contribution in [3.05, 3.63) is 36.6 Å². The van der Waals surface area contributed by atoms with Gasteiger partial charge in [-0.15, -0.1) is 0 Å². The normalized spacial score (nSPS) is 10.7. The summed E-state index contributed by atoms with van der Waals surface area (Å²) < 4.78 is 0. The van der Waals surface area contributed by atoms with E-state index >= 15 is 0 Å². The van der Waals surface area contributed by atoms with Gasteiger partial charge in [0.2, 0.25) is 0 Å². The maximum Gasteiger partial charge on any atom is 2.00 e. The summed E-state index contributed by atoms with van der Waals surface area (Å²) in [4.78, 5) is 2.20. The first-order valence-electron chi connectivity index (χ1n) is 7.08. The number of rotatable bonds is 5. The molecule has 0 amide bonds. The monoisotopic (exact) mass is 368 g/mol. The minimum atomic E-state index is 0. The third-order valence-electron chi connectivity index (χ3n) is 2.45. The molecular weight excluding hydrogens is 337 g/mol. The van der Waals surface area contributed by atoms with E-state index in [1.54, 1.807) is 0 Å². The van der Waals surface area contributed by atoms with Crippen LogP contribution in [0.1, 0.15) is 53.4 Å². The Hall–Kier alpha value is 0.734. The average molecular weight is 369 g/mol. The smallest absolute Gasteiger partial charge is 1.00 e. The van der Waals surface area contributed by atoms with Gasteiger partial charge in [0.15, 0.2) is 0 Å². The summed E-state index contributed by atoms with van der Waals surface area (Å²) in [6.45, 7) is 9.50. The molecule has 1 nitrogen and oxygen atoms in total. The average Bonchev–Trinajstić information content (AvgIpc) is 2.90. The van der Waals surface area contributed by atoms with Crippen molar-refractivity contribution >= 4 is 0 Å². The molecule has 0 bridgehead atoms. The molecule has 0 radical (unpaired) electrons. The van der Waals surface area contributed by atoms with E-state index in [0.717, 1.165) is 13.0 Å². The van der Waals surface area contributed by atoms with Crippen LogP contribution in [0.15, 0.2) is 17.7 Å². The van der Waals surface area contributed by atoms with Gasteiger partial charge >= 0.3 is 21.7 Å². The molecule has 0 aromatic carbocycles. The van der Waals surface area contributed by atoms with E-state index in [9.17, 15) is 0 Å². The molecule has 0 aromatic rings. The predicted octanol–water partition coefficient (Wildman–Crippen LogP) is -1.13. The van der Waals surface area contributed by atoms with Crippen LogP contribution in [0.3, 0.4) is 0 Å². The Morgan fingerprint density at radius 2 is 1.52 bits per heavy atom. The maximum absolute atomic E-state index is 3.22. The van der Waals surface area contributed by atoms with Gasteiger partial charge in [-0.25, -0.2) is 12.2 Å². The molecule has 0 saturated heterocycles. The molecule has 1 aliphatic carbocycles. The number of hydrogen-bond acceptors (Lipinski definition) is 1. The third-order valence-corrected chi connectivity index (χ3v) is 2.45. The molecule has 0 spiro atoms. The standard InChI is InChI=1S/C9H14N.2C4H9.2ClH.Ti/c1-10(2)8-7-9-5-3-4-6-9;2*1-3-4-2;;;/h3-4H,5,7-8H2,1-2H3;2*3H,4H2,1-2H3;2*1H;/q3*-1;;;+2/p-2. The second-order valence-electron chi connectivity index (χ2n) is 4.54. The van der Waals surface area contributed by atoms with Crippen molar-refractivity contribution in [2.45, 2.75) is 53.4 Å². The largest absolute Gasteiger partial charge is 2.00 e. The van der Waals surface area contributed by atoms with E-state index < -0.39 is 0 Å². The van der Waals surface area contributed by atoms with E-state index in [2.05, 4.69) is 71.7 Å². The van der Waals surface area contributed by atoms with Crippen molar-refractivity contribution in [2.24, 2.45) is 0 Å². The summed E-state index contributed by atoms with van der Waals surface area (Å²) in [6, 6.07) is 0. The van der Waals surface area contributed by atoms with Gasteiger partial charge in [0.05, 0.1) is 0 Å². The Bertz CT molecular complexity index is 209. The fraction of sp³-hybridized carbons (Fsp3) is 0.647. The molecule has 1 aliphatic rings. The molecule has 126 valence electrons. The molecule has 4 heteroatoms. The number of hydrogen-bond donors (Lipinski definition) is 0. The quantitative estimate of drug-likeness (QED) is 0.438. The van der Waals surface area contributed by atoms with Crippen LogP contribution in [-0.4, -0.2) is 25.5 Å². The van der Waals surface area contributed by atoms with Crippen LogP contribution in [-0.2, 0) is 21.7 Å². The Balaban J connectivity index is -0.0000000673. The molecule has 0 atom stereocenters. The van der Waals surface area contributed by atoms with Gasteiger partial charge in [-0.05, 0) is 27.1 Å². The van der Waals surface area contributed by atoms with Crippen LogP contribution in [0.25, 0.3) is 0 Å². The molecule has 0 saturated carbocycles. The molecule has 0 aliphatic heterocycles. The fourth-order valence-corrected chi connectivity index (χ4v) is 0.970. The fourth-order valence-electron chi connectivity index (χ4n) is 0.970. The van der Waals surface area contributed by atoms with Crippen LogP contribution >= 0.6 is 0 Å². The minimum Gasteiger partial charge on any atom is -1.00 e. The molecule has 0 heterocycles. The summed E-state index contributed by atoms with van der Waals surface area (Å²) >= 11 is 0. The van der Waals surface area contributed by atoms with Crippen LogP contribution in [0.2, 0.25) is 0 Å². The van der Waals surface area contributed by atoms with Gasteiger partial charge < -0.3 is 42.6 Å². The molecule has 1 rings (SSSR count). The SMILES string of the molecule is CN(C)CCC1=[C-]C=CC1.C[CH-]CC.C[CH-]CC.[Cl-].[Cl-].[Ti+2]. The van der Waals surface area contributed by atoms with Gasteiger partial charge in [-0.2, -0.15) is 32.3 Å². The second kappa shape index (κ2) is 28.8. The Labute approximate surface area is 161 Å². The molecule has 0 aromatic heterocycles. The van der Waals surface area contributed by atoms with Crippen molar-refractivity contribution in [3.8, 4) is 0 Å². The van der Waals surface area contributed by atoms with Crippen LogP contribution in [0.5, 0.6) is 0 Å². The zero-order valence-corrected chi connectivity index (χ0v) is 17.6. The van der Waals surface area contributed by atoms with Crippen LogP contribution in [0.4, 0.5) is 0 Å². The summed E-state index contributed by atoms with van der Waals surface area (Å²) in [5, 5.41) is 0. The van der Waals surface area contributed by atoms with E-state index in [1.807, 2.05) is 6.08 Å². The number of nitrogens with zero attached hydrogens (tertiary/aromatic N) is 1. The Morgan fingerprint density at radius 1 is 1.10 bits per heavy atom. The number of allylic oxidation sites excluding steroid dienone is 3. The van der Waals surface area contributed by atoms with Crippen molar-refractivity contribution < 1.29 is 46.5 Å². The van der Waals surface area contributed by atoms with E-state index in [-0.39, 0.29) is 46.5 Å². The van der Waals surface area contributed by atoms with Crippen molar-refractivity contribution in [1.29, 1.82) is 0 Å². The molecular formula is C17H32Cl2NTi-3. The summed E-state index contributed by atoms with van der Waals surface area (Å²) in [5.41, 5.74) is 1.44. The molecule has 0 unspecified atom stereocenters. The molecule has 0 N–H and O–H groups in total. The first-order valence-corrected chi connectivity index (χ1v) is 7.08. The van der Waals surface area contributed by atoms with E-state index in [0.29, 0.717) is 0 Å². The first kappa shape index (κ1) is 33.4. The van der Waals surface area contributed by atoms with Gasteiger partial charge in [0.25, 0.3) is 0 Å². The first-order chi connectivity index (χ1) is 8.62. The van der Waals surface area contributed by atoms with Crippen LogP contribution in [0, 0.1) is 18.9 Å². The molecule has 0 fully saturated rings. The topological polar surface area (TPSA) is 3.24 Å². The number of unbranched alkanes of at least 4 members (excludes halogenated alkanes) is 2. The third kappa shape index (κ3) is 33.5. The Morgan fingerprint density at radius 3 is 1.76 bits per heavy atom. The Kier molecular flexibility index (Phi) is 45.8. The van der Waals surface area contributed by atoms with Gasteiger partial charge in [0.1, 0.15) is 0 Å². The summed E-state index contributed by atoms with van der Waals surface area (Å²) in [7, 11) is 4.20. The molecule has 21 heavy (non-hydrogen) atoms. The van der Waals surface area contributed by atoms with Gasteiger partial charge in [0, 0.05) is 0 Å². The van der Waals surface area contributed by atoms with E-state index in [4.69, 9.17) is 0 Å². The van der Waals surface area contributed by atoms with Gasteiger partial charge in [-0.3, -0.25) is 6.08 Å². The van der Waals surface area contributed by atoms with E-state index in [1.165, 1.54) is 24.8 Å². The van der Waals surface area contributed by atoms with Crippen molar-refractivity contribution in [2.75, 3.05) is 20.6 Å². The van der Waals surface area contributed by atoms with Crippen molar-refractivity contribution in [3.63, 3.8) is 0 Å². The number of halogens is 2. The second-order valence-corrected chi connectivity index (χ2v) is 4.54. The maximum atomic E-state index is 3.22. The van der Waals surface area contributed by atoms with Crippen LogP contribution < -0.4 is 24.8 Å².